The van der Waals surface area contributed by atoms with Crippen molar-refractivity contribution in [3.05, 3.63) is 65.5 Å². The molecule has 3 amide bonds. The molecule has 0 bridgehead atoms. The molecule has 3 N–H and O–H groups in total. The maximum atomic E-state index is 12.2. The van der Waals surface area contributed by atoms with Crippen LogP contribution in [0.3, 0.4) is 0 Å². The van der Waals surface area contributed by atoms with E-state index in [2.05, 4.69) is 21.3 Å². The van der Waals surface area contributed by atoms with Crippen LogP contribution in [-0.2, 0) is 27.3 Å². The van der Waals surface area contributed by atoms with Crippen LogP contribution in [0.15, 0.2) is 48.5 Å². The van der Waals surface area contributed by atoms with E-state index < -0.39 is 11.8 Å². The van der Waals surface area contributed by atoms with Gasteiger partial charge in [-0.05, 0) is 36.2 Å². The minimum Gasteiger partial charge on any atom is -0.347 e. The highest BCUT2D eigenvalue weighted by molar-refractivity contribution is 5.91. The number of hydrogen-bond acceptors (Lipinski definition) is 4. The molecule has 0 fully saturated rings. The number of nitrogens with zero attached hydrogens (tertiary/aromatic N) is 2. The van der Waals surface area contributed by atoms with Crippen LogP contribution in [0.2, 0.25) is 0 Å². The lowest BCUT2D eigenvalue weighted by Crippen LogP contribution is -2.47. The van der Waals surface area contributed by atoms with Crippen molar-refractivity contribution in [1.29, 1.82) is 0 Å². The van der Waals surface area contributed by atoms with Gasteiger partial charge in [-0.1, -0.05) is 42.5 Å². The van der Waals surface area contributed by atoms with Gasteiger partial charge in [-0.25, -0.2) is 0 Å². The molecule has 0 atom stereocenters. The van der Waals surface area contributed by atoms with E-state index in [0.29, 0.717) is 0 Å². The summed E-state index contributed by atoms with van der Waals surface area (Å²) in [7, 11) is 0. The largest absolute Gasteiger partial charge is 0.347 e. The number of aromatic nitrogens is 2. The van der Waals surface area contributed by atoms with E-state index >= 15 is 0 Å². The molecule has 3 rings (SSSR count). The van der Waals surface area contributed by atoms with Crippen molar-refractivity contribution < 1.29 is 14.4 Å². The van der Waals surface area contributed by atoms with Gasteiger partial charge in [0.25, 0.3) is 11.8 Å². The molecule has 1 heterocycles. The molecule has 2 aromatic carbocycles. The predicted molar refractivity (Wildman–Crippen MR) is 109 cm³/mol. The van der Waals surface area contributed by atoms with E-state index in [4.69, 9.17) is 0 Å². The number of nitrogens with one attached hydrogen (secondary N) is 3. The fraction of sp³-hybridized carbons (Fsp3) is 0.238. The Morgan fingerprint density at radius 1 is 0.931 bits per heavy atom. The first-order valence-electron chi connectivity index (χ1n) is 9.24. The molecular formula is C21H23N5O3. The Kier molecular flexibility index (Phi) is 6.23. The van der Waals surface area contributed by atoms with Gasteiger partial charge in [0, 0.05) is 5.69 Å². The fourth-order valence-corrected chi connectivity index (χ4v) is 3.06. The monoisotopic (exact) mass is 393 g/mol. The van der Waals surface area contributed by atoms with Gasteiger partial charge in [-0.15, -0.1) is 0 Å². The Bertz CT molecular complexity index is 1050. The summed E-state index contributed by atoms with van der Waals surface area (Å²) in [5.41, 5.74) is 7.15. The number of aryl methyl sites for hydroxylation is 2. The third kappa shape index (κ3) is 5.41. The topological polar surface area (TPSA) is 105 Å². The van der Waals surface area contributed by atoms with Crippen molar-refractivity contribution in [2.45, 2.75) is 26.8 Å². The molecule has 3 aromatic rings. The Morgan fingerprint density at radius 3 is 2.41 bits per heavy atom. The molecule has 0 aliphatic rings. The first-order chi connectivity index (χ1) is 13.9. The molecule has 0 aliphatic carbocycles. The van der Waals surface area contributed by atoms with Crippen LogP contribution in [0.1, 0.15) is 17.0 Å². The zero-order valence-electron chi connectivity index (χ0n) is 16.4. The Labute approximate surface area is 168 Å². The molecule has 29 heavy (non-hydrogen) atoms. The molecule has 8 nitrogen and oxygen atoms in total. The zero-order valence-corrected chi connectivity index (χ0v) is 16.4. The summed E-state index contributed by atoms with van der Waals surface area (Å²) in [5.74, 6) is -1.20. The lowest BCUT2D eigenvalue weighted by Gasteiger charge is -2.10. The third-order valence-electron chi connectivity index (χ3n) is 4.42. The lowest BCUT2D eigenvalue weighted by molar-refractivity contribution is -0.130. The van der Waals surface area contributed by atoms with Crippen LogP contribution in [0.4, 0.5) is 0 Å². The summed E-state index contributed by atoms with van der Waals surface area (Å²) < 4.78 is 1.54. The van der Waals surface area contributed by atoms with Gasteiger partial charge in [-0.3, -0.25) is 29.9 Å². The van der Waals surface area contributed by atoms with Crippen molar-refractivity contribution in [3.63, 3.8) is 0 Å². The molecule has 0 unspecified atom stereocenters. The Morgan fingerprint density at radius 2 is 1.66 bits per heavy atom. The van der Waals surface area contributed by atoms with E-state index in [9.17, 15) is 14.4 Å². The first-order valence-corrected chi connectivity index (χ1v) is 9.24. The van der Waals surface area contributed by atoms with E-state index in [1.54, 1.807) is 4.68 Å². The van der Waals surface area contributed by atoms with Gasteiger partial charge in [0.2, 0.25) is 5.91 Å². The summed E-state index contributed by atoms with van der Waals surface area (Å²) in [5, 5.41) is 8.81. The second-order valence-corrected chi connectivity index (χ2v) is 6.77. The molecule has 0 saturated carbocycles. The SMILES string of the molecule is Cc1cc(C)n(CC(=O)NNC(=O)CNC(=O)Cc2cccc3ccccc23)n1. The zero-order chi connectivity index (χ0) is 20.8. The second-order valence-electron chi connectivity index (χ2n) is 6.77. The summed E-state index contributed by atoms with van der Waals surface area (Å²) in [6.07, 6.45) is 0.166. The average molecular weight is 393 g/mol. The number of hydrazine groups is 1. The minimum absolute atomic E-state index is 0.00655. The number of rotatable bonds is 6. The average Bonchev–Trinajstić information content (AvgIpc) is 3.01. The normalized spacial score (nSPS) is 10.6. The lowest BCUT2D eigenvalue weighted by atomic mass is 10.0. The second kappa shape index (κ2) is 9.01. The van der Waals surface area contributed by atoms with Crippen LogP contribution in [0.5, 0.6) is 0 Å². The summed E-state index contributed by atoms with van der Waals surface area (Å²) in [6.45, 7) is 3.44. The van der Waals surface area contributed by atoms with Crippen molar-refractivity contribution in [1.82, 2.24) is 25.9 Å². The smallest absolute Gasteiger partial charge is 0.260 e. The third-order valence-corrected chi connectivity index (χ3v) is 4.42. The van der Waals surface area contributed by atoms with Crippen molar-refractivity contribution >= 4 is 28.5 Å². The molecular weight excluding hydrogens is 370 g/mol. The molecule has 0 saturated heterocycles. The van der Waals surface area contributed by atoms with Gasteiger partial charge >= 0.3 is 0 Å². The number of fused-ring (bicyclic) bond motifs is 1. The van der Waals surface area contributed by atoms with Crippen LogP contribution in [-0.4, -0.2) is 34.0 Å². The van der Waals surface area contributed by atoms with Crippen molar-refractivity contribution in [2.24, 2.45) is 0 Å². The standard InChI is InChI=1S/C21H23N5O3/c1-14-10-15(2)26(25-14)13-21(29)24-23-20(28)12-22-19(27)11-17-8-5-7-16-6-3-4-9-18(16)17/h3-10H,11-13H2,1-2H3,(H,22,27)(H,23,28)(H,24,29). The molecule has 0 aliphatic heterocycles. The number of benzene rings is 2. The van der Waals surface area contributed by atoms with Gasteiger partial charge in [0.15, 0.2) is 0 Å². The Balaban J connectivity index is 1.43. The summed E-state index contributed by atoms with van der Waals surface area (Å²) in [6, 6.07) is 15.4. The van der Waals surface area contributed by atoms with E-state index in [0.717, 1.165) is 27.7 Å². The number of carbonyl (C=O) groups excluding carboxylic acids is 3. The number of carbonyl (C=O) groups is 3. The van der Waals surface area contributed by atoms with E-state index in [1.807, 2.05) is 62.4 Å². The van der Waals surface area contributed by atoms with Crippen LogP contribution in [0, 0.1) is 13.8 Å². The van der Waals surface area contributed by atoms with Crippen LogP contribution in [0.25, 0.3) is 10.8 Å². The quantitative estimate of drug-likeness (QED) is 0.547. The predicted octanol–water partition coefficient (Wildman–Crippen LogP) is 1.16. The van der Waals surface area contributed by atoms with Gasteiger partial charge < -0.3 is 5.32 Å². The van der Waals surface area contributed by atoms with Crippen LogP contribution >= 0.6 is 0 Å². The summed E-state index contributed by atoms with van der Waals surface area (Å²) >= 11 is 0. The number of hydrogen-bond donors (Lipinski definition) is 3. The molecule has 8 heteroatoms. The van der Waals surface area contributed by atoms with Gasteiger partial charge in [-0.2, -0.15) is 5.10 Å². The molecule has 1 aromatic heterocycles. The maximum absolute atomic E-state index is 12.2. The minimum atomic E-state index is -0.516. The van der Waals surface area contributed by atoms with E-state index in [1.165, 1.54) is 0 Å². The molecule has 0 radical (unpaired) electrons. The highest BCUT2D eigenvalue weighted by atomic mass is 16.2. The van der Waals surface area contributed by atoms with Gasteiger partial charge in [0.1, 0.15) is 6.54 Å². The fourth-order valence-electron chi connectivity index (χ4n) is 3.06. The highest BCUT2D eigenvalue weighted by Gasteiger charge is 2.11. The Hall–Kier alpha value is -3.68. The van der Waals surface area contributed by atoms with Crippen LogP contribution < -0.4 is 16.2 Å². The molecule has 150 valence electrons. The highest BCUT2D eigenvalue weighted by Crippen LogP contribution is 2.18. The first kappa shape index (κ1) is 20.1. The summed E-state index contributed by atoms with van der Waals surface area (Å²) in [4.78, 5) is 36.0. The van der Waals surface area contributed by atoms with Crippen molar-refractivity contribution in [2.75, 3.05) is 6.54 Å². The van der Waals surface area contributed by atoms with E-state index in [-0.39, 0.29) is 25.4 Å². The number of amides is 3. The van der Waals surface area contributed by atoms with Gasteiger partial charge in [0.05, 0.1) is 18.7 Å². The van der Waals surface area contributed by atoms with Crippen molar-refractivity contribution in [3.8, 4) is 0 Å². The maximum Gasteiger partial charge on any atom is 0.260 e. The molecule has 0 spiro atoms.